The molecule has 0 aromatic heterocycles. The molecule has 4 heteroatoms. The first-order valence-electron chi connectivity index (χ1n) is 6.74. The number of hydrogen-bond donors (Lipinski definition) is 1. The largest absolute Gasteiger partial charge is 0.490 e. The van der Waals surface area contributed by atoms with Crippen LogP contribution in [0.2, 0.25) is 0 Å². The fourth-order valence-electron chi connectivity index (χ4n) is 2.51. The molecule has 2 N–H and O–H groups in total. The second kappa shape index (κ2) is 6.40. The molecule has 2 rings (SSSR count). The maximum absolute atomic E-state index is 9.11. The van der Waals surface area contributed by atoms with Gasteiger partial charge in [-0.3, -0.25) is 0 Å². The van der Waals surface area contributed by atoms with Crippen molar-refractivity contribution in [2.75, 3.05) is 6.61 Å². The zero-order valence-corrected chi connectivity index (χ0v) is 12.6. The van der Waals surface area contributed by atoms with E-state index < -0.39 is 0 Å². The van der Waals surface area contributed by atoms with Crippen molar-refractivity contribution in [3.05, 3.63) is 28.2 Å². The van der Waals surface area contributed by atoms with Crippen molar-refractivity contribution in [3.63, 3.8) is 0 Å². The molecule has 1 fully saturated rings. The molecule has 1 aliphatic carbocycles. The fraction of sp³-hybridized carbons (Fsp3) is 0.533. The van der Waals surface area contributed by atoms with E-state index in [1.165, 1.54) is 25.7 Å². The summed E-state index contributed by atoms with van der Waals surface area (Å²) in [6, 6.07) is 7.63. The number of rotatable bonds is 3. The molecule has 0 amide bonds. The van der Waals surface area contributed by atoms with Gasteiger partial charge in [-0.2, -0.15) is 5.26 Å². The van der Waals surface area contributed by atoms with Crippen LogP contribution in [0.3, 0.4) is 0 Å². The molecule has 0 aliphatic heterocycles. The third-order valence-corrected chi connectivity index (χ3v) is 4.17. The van der Waals surface area contributed by atoms with E-state index in [0.29, 0.717) is 17.9 Å². The lowest BCUT2D eigenvalue weighted by atomic mass is 9.92. The van der Waals surface area contributed by atoms with Gasteiger partial charge in [0.05, 0.1) is 11.1 Å². The number of nitrogens with two attached hydrogens (primary N) is 1. The van der Waals surface area contributed by atoms with Gasteiger partial charge in [0.25, 0.3) is 0 Å². The highest BCUT2D eigenvalue weighted by Gasteiger charge is 2.27. The summed E-state index contributed by atoms with van der Waals surface area (Å²) in [6.07, 6.45) is 6.88. The third kappa shape index (κ3) is 3.95. The lowest BCUT2D eigenvalue weighted by Crippen LogP contribution is -2.45. The highest BCUT2D eigenvalue weighted by molar-refractivity contribution is 9.10. The Morgan fingerprint density at radius 2 is 1.95 bits per heavy atom. The standard InChI is InChI=1S/C15H19BrN2O/c16-13-5-6-14(12(9-13)10-17)19-11-15(18)7-3-1-2-4-8-15/h5-6,9H,1-4,7-8,11,18H2. The van der Waals surface area contributed by atoms with E-state index in [1.54, 1.807) is 6.07 Å². The summed E-state index contributed by atoms with van der Waals surface area (Å²) in [4.78, 5) is 0. The van der Waals surface area contributed by atoms with Crippen molar-refractivity contribution in [3.8, 4) is 11.8 Å². The topological polar surface area (TPSA) is 59.0 Å². The molecular weight excluding hydrogens is 304 g/mol. The molecule has 3 nitrogen and oxygen atoms in total. The first-order valence-corrected chi connectivity index (χ1v) is 7.54. The fourth-order valence-corrected chi connectivity index (χ4v) is 2.88. The molecule has 0 spiro atoms. The second-order valence-corrected chi connectivity index (χ2v) is 6.23. The van der Waals surface area contributed by atoms with Crippen LogP contribution in [0.1, 0.15) is 44.1 Å². The molecule has 102 valence electrons. The minimum atomic E-state index is -0.240. The minimum Gasteiger partial charge on any atom is -0.490 e. The van der Waals surface area contributed by atoms with Crippen LogP contribution in [0.4, 0.5) is 0 Å². The summed E-state index contributed by atoms with van der Waals surface area (Å²) in [7, 11) is 0. The van der Waals surface area contributed by atoms with Crippen LogP contribution in [0.5, 0.6) is 5.75 Å². The van der Waals surface area contributed by atoms with Crippen molar-refractivity contribution < 1.29 is 4.74 Å². The van der Waals surface area contributed by atoms with E-state index in [4.69, 9.17) is 15.7 Å². The van der Waals surface area contributed by atoms with Crippen LogP contribution in [-0.2, 0) is 0 Å². The van der Waals surface area contributed by atoms with Gasteiger partial charge in [0, 0.05) is 4.47 Å². The first kappa shape index (κ1) is 14.4. The summed E-state index contributed by atoms with van der Waals surface area (Å²) in [5.74, 6) is 0.625. The molecule has 0 saturated heterocycles. The Bertz CT molecular complexity index is 474. The predicted octanol–water partition coefficient (Wildman–Crippen LogP) is 3.75. The lowest BCUT2D eigenvalue weighted by Gasteiger charge is -2.28. The third-order valence-electron chi connectivity index (χ3n) is 3.68. The number of nitriles is 1. The highest BCUT2D eigenvalue weighted by atomic mass is 79.9. The van der Waals surface area contributed by atoms with Gasteiger partial charge in [0.15, 0.2) is 0 Å². The maximum atomic E-state index is 9.11. The van der Waals surface area contributed by atoms with Crippen LogP contribution in [0.25, 0.3) is 0 Å². The normalized spacial score (nSPS) is 18.4. The summed E-state index contributed by atoms with van der Waals surface area (Å²) < 4.78 is 6.70. The Morgan fingerprint density at radius 3 is 2.58 bits per heavy atom. The number of nitrogens with zero attached hydrogens (tertiary/aromatic N) is 1. The molecule has 1 aromatic carbocycles. The van der Waals surface area contributed by atoms with Crippen molar-refractivity contribution in [2.45, 2.75) is 44.1 Å². The quantitative estimate of drug-likeness (QED) is 0.862. The van der Waals surface area contributed by atoms with Crippen molar-refractivity contribution in [2.24, 2.45) is 5.73 Å². The number of halogens is 1. The predicted molar refractivity (Wildman–Crippen MR) is 79.0 cm³/mol. The minimum absolute atomic E-state index is 0.240. The van der Waals surface area contributed by atoms with Gasteiger partial charge in [0.1, 0.15) is 18.4 Å². The first-order chi connectivity index (χ1) is 9.13. The molecule has 0 bridgehead atoms. The number of hydrogen-bond acceptors (Lipinski definition) is 3. The Kier molecular flexibility index (Phi) is 4.84. The van der Waals surface area contributed by atoms with Crippen molar-refractivity contribution in [1.29, 1.82) is 5.26 Å². The van der Waals surface area contributed by atoms with Gasteiger partial charge < -0.3 is 10.5 Å². The summed E-state index contributed by atoms with van der Waals surface area (Å²) >= 11 is 3.35. The van der Waals surface area contributed by atoms with Crippen LogP contribution >= 0.6 is 15.9 Å². The van der Waals surface area contributed by atoms with Crippen LogP contribution in [-0.4, -0.2) is 12.1 Å². The molecule has 0 atom stereocenters. The number of ether oxygens (including phenoxy) is 1. The Hall–Kier alpha value is -1.05. The van der Waals surface area contributed by atoms with E-state index in [9.17, 15) is 0 Å². The Labute approximate surface area is 122 Å². The van der Waals surface area contributed by atoms with Gasteiger partial charge in [-0.05, 0) is 31.0 Å². The van der Waals surface area contributed by atoms with E-state index in [2.05, 4.69) is 22.0 Å². The zero-order valence-electron chi connectivity index (χ0n) is 11.0. The van der Waals surface area contributed by atoms with Crippen molar-refractivity contribution >= 4 is 15.9 Å². The summed E-state index contributed by atoms with van der Waals surface area (Å²) in [6.45, 7) is 0.489. The summed E-state index contributed by atoms with van der Waals surface area (Å²) in [5.41, 5.74) is 6.72. The molecular formula is C15H19BrN2O. The smallest absolute Gasteiger partial charge is 0.137 e. The Balaban J connectivity index is 2.03. The lowest BCUT2D eigenvalue weighted by molar-refractivity contribution is 0.199. The maximum Gasteiger partial charge on any atom is 0.137 e. The Morgan fingerprint density at radius 1 is 1.26 bits per heavy atom. The summed E-state index contributed by atoms with van der Waals surface area (Å²) in [5, 5.41) is 9.11. The van der Waals surface area contributed by atoms with E-state index in [-0.39, 0.29) is 5.54 Å². The van der Waals surface area contributed by atoms with E-state index >= 15 is 0 Å². The van der Waals surface area contributed by atoms with Gasteiger partial charge in [-0.1, -0.05) is 41.6 Å². The van der Waals surface area contributed by atoms with E-state index in [1.807, 2.05) is 12.1 Å². The van der Waals surface area contributed by atoms with Crippen LogP contribution in [0.15, 0.2) is 22.7 Å². The van der Waals surface area contributed by atoms with Crippen molar-refractivity contribution in [1.82, 2.24) is 0 Å². The molecule has 19 heavy (non-hydrogen) atoms. The van der Waals surface area contributed by atoms with E-state index in [0.717, 1.165) is 17.3 Å². The molecule has 0 unspecified atom stereocenters. The van der Waals surface area contributed by atoms with Gasteiger partial charge in [-0.25, -0.2) is 0 Å². The molecule has 0 radical (unpaired) electrons. The average molecular weight is 323 g/mol. The molecule has 1 saturated carbocycles. The van der Waals surface area contributed by atoms with Gasteiger partial charge >= 0.3 is 0 Å². The number of benzene rings is 1. The molecule has 1 aromatic rings. The second-order valence-electron chi connectivity index (χ2n) is 5.32. The van der Waals surface area contributed by atoms with Gasteiger partial charge in [-0.15, -0.1) is 0 Å². The molecule has 0 heterocycles. The zero-order chi connectivity index (χ0) is 13.7. The highest BCUT2D eigenvalue weighted by Crippen LogP contribution is 2.28. The monoisotopic (exact) mass is 322 g/mol. The van der Waals surface area contributed by atoms with Crippen LogP contribution < -0.4 is 10.5 Å². The van der Waals surface area contributed by atoms with Crippen LogP contribution in [0, 0.1) is 11.3 Å². The van der Waals surface area contributed by atoms with Gasteiger partial charge in [0.2, 0.25) is 0 Å². The average Bonchev–Trinajstić information content (AvgIpc) is 2.62. The SMILES string of the molecule is N#Cc1cc(Br)ccc1OCC1(N)CCCCCC1. The molecule has 1 aliphatic rings.